The summed E-state index contributed by atoms with van der Waals surface area (Å²) in [7, 11) is 1.58. The summed E-state index contributed by atoms with van der Waals surface area (Å²) in [5.74, 6) is 0.0423. The predicted molar refractivity (Wildman–Crippen MR) is 218 cm³/mol. The summed E-state index contributed by atoms with van der Waals surface area (Å²) in [6, 6.07) is 50.0. The first-order valence-corrected chi connectivity index (χ1v) is 19.8. The molecule has 6 aromatic rings. The zero-order valence-electron chi connectivity index (χ0n) is 32.3. The van der Waals surface area contributed by atoms with E-state index < -0.39 is 36.3 Å². The van der Waals surface area contributed by atoms with E-state index in [1.807, 2.05) is 127 Å². The lowest BCUT2D eigenvalue weighted by molar-refractivity contribution is -0.275. The molecule has 1 saturated heterocycles. The number of ether oxygens (including phenoxy) is 6. The van der Waals surface area contributed by atoms with Gasteiger partial charge in [-0.3, -0.25) is 0 Å². The molecule has 5 atom stereocenters. The van der Waals surface area contributed by atoms with E-state index in [1.54, 1.807) is 7.11 Å². The van der Waals surface area contributed by atoms with E-state index in [2.05, 4.69) is 18.2 Å². The van der Waals surface area contributed by atoms with Gasteiger partial charge >= 0.3 is 0 Å². The first-order valence-electron chi connectivity index (χ1n) is 19.8. The molecule has 0 N–H and O–H groups in total. The molecule has 292 valence electrons. The molecule has 1 aliphatic heterocycles. The summed E-state index contributed by atoms with van der Waals surface area (Å²) in [6.07, 6.45) is -0.834. The van der Waals surface area contributed by atoms with Gasteiger partial charge in [0, 0.05) is 18.1 Å². The Morgan fingerprint density at radius 1 is 0.544 bits per heavy atom. The first kappa shape index (κ1) is 38.7. The van der Waals surface area contributed by atoms with E-state index in [-0.39, 0.29) is 13.2 Å². The Morgan fingerprint density at radius 3 is 1.60 bits per heavy atom. The van der Waals surface area contributed by atoms with Crippen molar-refractivity contribution in [2.45, 2.75) is 76.2 Å². The maximum atomic E-state index is 16.7. The van der Waals surface area contributed by atoms with Gasteiger partial charge in [-0.1, -0.05) is 140 Å². The van der Waals surface area contributed by atoms with Crippen molar-refractivity contribution in [3.63, 3.8) is 0 Å². The van der Waals surface area contributed by atoms with Crippen molar-refractivity contribution in [2.24, 2.45) is 0 Å². The van der Waals surface area contributed by atoms with Crippen LogP contribution in [0.4, 0.5) is 4.39 Å². The number of methoxy groups -OCH3 is 1. The van der Waals surface area contributed by atoms with Crippen LogP contribution in [0, 0.1) is 5.82 Å². The monoisotopic (exact) mass is 764 g/mol. The molecule has 6 aromatic carbocycles. The molecule has 6 nitrogen and oxygen atoms in total. The van der Waals surface area contributed by atoms with Gasteiger partial charge in [0.15, 0.2) is 0 Å². The number of fused-ring (bicyclic) bond motifs is 1. The normalized spacial score (nSPS) is 20.1. The molecule has 0 amide bonds. The fourth-order valence-electron chi connectivity index (χ4n) is 7.78. The fraction of sp³-hybridized carbons (Fsp3) is 0.280. The molecule has 0 aromatic heterocycles. The molecule has 0 spiro atoms. The molecule has 0 unspecified atom stereocenters. The third-order valence-corrected chi connectivity index (χ3v) is 10.9. The lowest BCUT2D eigenvalue weighted by atomic mass is 9.85. The molecular formula is C50H49FO6. The van der Waals surface area contributed by atoms with E-state index in [1.165, 1.54) is 17.2 Å². The molecule has 0 saturated carbocycles. The molecule has 2 aliphatic rings. The van der Waals surface area contributed by atoms with Gasteiger partial charge in [-0.2, -0.15) is 0 Å². The minimum absolute atomic E-state index is 0.182. The fourth-order valence-corrected chi connectivity index (χ4v) is 7.78. The van der Waals surface area contributed by atoms with E-state index >= 15 is 4.39 Å². The highest BCUT2D eigenvalue weighted by Gasteiger charge is 2.49. The number of halogens is 1. The minimum Gasteiger partial charge on any atom is -0.496 e. The highest BCUT2D eigenvalue weighted by atomic mass is 19.1. The molecule has 1 heterocycles. The standard InChI is InChI=1S/C50H49FO6/c1-52-45-29-44(51)43(28-42(45)27-39-22-23-40-24-25-41(40)26-39)47-49(55-32-37-18-10-4-11-19-37)50(56-33-38-20-12-5-13-21-38)48(54-31-36-16-8-3-9-17-36)46(57-47)34-53-30-35-14-6-2-7-15-35/h2-23,26,28-29,46-50H,24-25,27,30-34H2,1H3/t46-,47+,48-,49+,50+/m1/s1. The van der Waals surface area contributed by atoms with Gasteiger partial charge in [0.25, 0.3) is 0 Å². The summed E-state index contributed by atoms with van der Waals surface area (Å²) in [5.41, 5.74) is 9.17. The van der Waals surface area contributed by atoms with Gasteiger partial charge in [0.1, 0.15) is 42.1 Å². The second-order valence-corrected chi connectivity index (χ2v) is 14.8. The smallest absolute Gasteiger partial charge is 0.132 e. The van der Waals surface area contributed by atoms with Crippen molar-refractivity contribution in [1.29, 1.82) is 0 Å². The van der Waals surface area contributed by atoms with Gasteiger partial charge in [-0.25, -0.2) is 4.39 Å². The topological polar surface area (TPSA) is 55.4 Å². The minimum atomic E-state index is -0.877. The second-order valence-electron chi connectivity index (χ2n) is 14.8. The van der Waals surface area contributed by atoms with Crippen LogP contribution in [0.5, 0.6) is 5.75 Å². The maximum absolute atomic E-state index is 16.7. The van der Waals surface area contributed by atoms with Crippen LogP contribution in [0.1, 0.15) is 56.2 Å². The summed E-state index contributed by atoms with van der Waals surface area (Å²) < 4.78 is 56.6. The number of aryl methyl sites for hydroxylation is 2. The molecule has 7 heteroatoms. The summed E-state index contributed by atoms with van der Waals surface area (Å²) in [4.78, 5) is 0. The van der Waals surface area contributed by atoms with Crippen LogP contribution in [0.2, 0.25) is 0 Å². The third-order valence-electron chi connectivity index (χ3n) is 10.9. The van der Waals surface area contributed by atoms with Crippen LogP contribution < -0.4 is 4.74 Å². The molecule has 8 rings (SSSR count). The largest absolute Gasteiger partial charge is 0.496 e. The van der Waals surface area contributed by atoms with Crippen LogP contribution in [0.3, 0.4) is 0 Å². The number of hydrogen-bond donors (Lipinski definition) is 0. The Balaban J connectivity index is 1.19. The van der Waals surface area contributed by atoms with Crippen molar-refractivity contribution in [2.75, 3.05) is 13.7 Å². The van der Waals surface area contributed by atoms with Crippen LogP contribution in [-0.4, -0.2) is 38.1 Å². The summed E-state index contributed by atoms with van der Waals surface area (Å²) in [5, 5.41) is 0. The van der Waals surface area contributed by atoms with Gasteiger partial charge in [0.05, 0.1) is 40.1 Å². The van der Waals surface area contributed by atoms with Crippen molar-refractivity contribution in [3.8, 4) is 5.75 Å². The average Bonchev–Trinajstić information content (AvgIpc) is 3.24. The Morgan fingerprint density at radius 2 is 1.07 bits per heavy atom. The summed E-state index contributed by atoms with van der Waals surface area (Å²) >= 11 is 0. The molecular weight excluding hydrogens is 716 g/mol. The highest BCUT2D eigenvalue weighted by molar-refractivity contribution is 5.45. The van der Waals surface area contributed by atoms with Crippen molar-refractivity contribution in [3.05, 3.63) is 208 Å². The maximum Gasteiger partial charge on any atom is 0.132 e. The number of rotatable bonds is 17. The molecule has 1 fully saturated rings. The number of hydrogen-bond acceptors (Lipinski definition) is 6. The Bertz CT molecular complexity index is 2160. The van der Waals surface area contributed by atoms with Gasteiger partial charge < -0.3 is 28.4 Å². The van der Waals surface area contributed by atoms with E-state index in [0.29, 0.717) is 37.6 Å². The Labute approximate surface area is 335 Å². The molecule has 57 heavy (non-hydrogen) atoms. The zero-order chi connectivity index (χ0) is 38.8. The third kappa shape index (κ3) is 9.70. The van der Waals surface area contributed by atoms with Crippen molar-refractivity contribution in [1.82, 2.24) is 0 Å². The SMILES string of the molecule is COc1cc(F)c([C@@H]2O[C@H](COCc3ccccc3)[C@@H](OCc3ccccc3)[C@H](OCc3ccccc3)[C@H]2OCc2ccccc2)cc1Cc1ccc2c(c1)CC2. The van der Waals surface area contributed by atoms with Crippen LogP contribution in [-0.2, 0) is 69.4 Å². The lowest BCUT2D eigenvalue weighted by Gasteiger charge is -2.46. The quantitative estimate of drug-likeness (QED) is 0.0922. The van der Waals surface area contributed by atoms with E-state index in [4.69, 9.17) is 28.4 Å². The van der Waals surface area contributed by atoms with Gasteiger partial charge in [-0.05, 0) is 63.4 Å². The predicted octanol–water partition coefficient (Wildman–Crippen LogP) is 9.94. The van der Waals surface area contributed by atoms with E-state index in [9.17, 15) is 0 Å². The Kier molecular flexibility index (Phi) is 12.8. The van der Waals surface area contributed by atoms with Crippen molar-refractivity contribution >= 4 is 0 Å². The van der Waals surface area contributed by atoms with Crippen LogP contribution in [0.15, 0.2) is 152 Å². The number of benzene rings is 6. The van der Waals surface area contributed by atoms with Gasteiger partial charge in [-0.15, -0.1) is 0 Å². The molecule has 0 bridgehead atoms. The Hall–Kier alpha value is -5.15. The first-order chi connectivity index (χ1) is 28.1. The van der Waals surface area contributed by atoms with Gasteiger partial charge in [0.2, 0.25) is 0 Å². The van der Waals surface area contributed by atoms with Crippen molar-refractivity contribution < 1.29 is 32.8 Å². The summed E-state index contributed by atoms with van der Waals surface area (Å²) in [6.45, 7) is 1.42. The van der Waals surface area contributed by atoms with E-state index in [0.717, 1.165) is 46.2 Å². The average molecular weight is 765 g/mol. The molecule has 1 aliphatic carbocycles. The van der Waals surface area contributed by atoms with Crippen LogP contribution in [0.25, 0.3) is 0 Å². The highest BCUT2D eigenvalue weighted by Crippen LogP contribution is 2.41. The zero-order valence-corrected chi connectivity index (χ0v) is 32.3. The van der Waals surface area contributed by atoms with Crippen LogP contribution >= 0.6 is 0 Å². The second kappa shape index (κ2) is 18.9. The molecule has 0 radical (unpaired) electrons. The lowest BCUT2D eigenvalue weighted by Crippen LogP contribution is -2.58.